The fourth-order valence-electron chi connectivity index (χ4n) is 1.92. The smallest absolute Gasteiger partial charge is 0.0965 e. The lowest BCUT2D eigenvalue weighted by Gasteiger charge is -2.28. The van der Waals surface area contributed by atoms with E-state index >= 15 is 0 Å². The molecule has 0 spiro atoms. The number of nitrogens with zero attached hydrogens (tertiary/aromatic N) is 1. The average Bonchev–Trinajstić information content (AvgIpc) is 2.36. The summed E-state index contributed by atoms with van der Waals surface area (Å²) in [4.78, 5) is 0. The first-order chi connectivity index (χ1) is 4.70. The van der Waals surface area contributed by atoms with Gasteiger partial charge in [0, 0.05) is 41.4 Å². The number of aliphatic hydroxyl groups excluding tert-OH is 2. The largest absolute Gasteiger partial charge is 0.390 e. The average molecular weight is 255 g/mol. The molecule has 1 heterocycles. The van der Waals surface area contributed by atoms with Crippen LogP contribution in [0, 0.1) is 5.92 Å². The van der Waals surface area contributed by atoms with Gasteiger partial charge in [-0.05, 0) is 6.42 Å². The van der Waals surface area contributed by atoms with E-state index in [1.807, 2.05) is 0 Å². The van der Waals surface area contributed by atoms with Crippen LogP contribution < -0.4 is 0 Å². The van der Waals surface area contributed by atoms with E-state index in [2.05, 4.69) is 26.0 Å². The van der Waals surface area contributed by atoms with Crippen molar-refractivity contribution in [3.63, 3.8) is 0 Å². The van der Waals surface area contributed by atoms with Gasteiger partial charge in [-0.15, -0.1) is 0 Å². The van der Waals surface area contributed by atoms with E-state index < -0.39 is 12.2 Å². The second-order valence-corrected chi connectivity index (χ2v) is 4.37. The molecule has 2 aliphatic rings. The number of halogens is 1. The van der Waals surface area contributed by atoms with Gasteiger partial charge in [-0.2, -0.15) is 0 Å². The molecule has 0 aromatic heterocycles. The molecule has 0 aromatic rings. The lowest BCUT2D eigenvalue weighted by molar-refractivity contribution is -0.0186. The summed E-state index contributed by atoms with van der Waals surface area (Å²) in [5.41, 5.74) is 0. The Bertz CT molecular complexity index is 153. The zero-order valence-corrected chi connectivity index (χ0v) is 7.60. The third kappa shape index (κ3) is 0.823. The standard InChI is InChI=1S/C6H10INO2/c7-8-2-3-1-4(8)6(10)5(3)9/h3-6,9-10H,1-2H2. The first kappa shape index (κ1) is 7.27. The van der Waals surface area contributed by atoms with Gasteiger partial charge in [0.25, 0.3) is 0 Å². The molecule has 4 atom stereocenters. The van der Waals surface area contributed by atoms with Crippen molar-refractivity contribution in [1.82, 2.24) is 3.11 Å². The molecule has 0 amide bonds. The van der Waals surface area contributed by atoms with Crippen molar-refractivity contribution in [3.8, 4) is 0 Å². The van der Waals surface area contributed by atoms with E-state index in [1.165, 1.54) is 0 Å². The minimum absolute atomic E-state index is 0.209. The highest BCUT2D eigenvalue weighted by atomic mass is 127. The van der Waals surface area contributed by atoms with E-state index in [1.54, 1.807) is 0 Å². The van der Waals surface area contributed by atoms with Gasteiger partial charge in [0.15, 0.2) is 0 Å². The zero-order chi connectivity index (χ0) is 7.30. The molecular formula is C6H10INO2. The van der Waals surface area contributed by atoms with Gasteiger partial charge < -0.3 is 10.2 Å². The second kappa shape index (κ2) is 2.30. The monoisotopic (exact) mass is 255 g/mol. The van der Waals surface area contributed by atoms with Crippen molar-refractivity contribution in [3.05, 3.63) is 0 Å². The van der Waals surface area contributed by atoms with Gasteiger partial charge in [-0.25, -0.2) is 3.11 Å². The Morgan fingerprint density at radius 1 is 1.30 bits per heavy atom. The maximum atomic E-state index is 9.36. The minimum Gasteiger partial charge on any atom is -0.390 e. The van der Waals surface area contributed by atoms with E-state index in [9.17, 15) is 10.2 Å². The van der Waals surface area contributed by atoms with Gasteiger partial charge in [0.05, 0.1) is 12.2 Å². The van der Waals surface area contributed by atoms with Crippen LogP contribution in [0.2, 0.25) is 0 Å². The second-order valence-electron chi connectivity index (χ2n) is 3.13. The first-order valence-electron chi connectivity index (χ1n) is 3.48. The van der Waals surface area contributed by atoms with Crippen molar-refractivity contribution in [2.24, 2.45) is 5.92 Å². The third-order valence-electron chi connectivity index (χ3n) is 2.54. The summed E-state index contributed by atoms with van der Waals surface area (Å²) in [7, 11) is 0. The van der Waals surface area contributed by atoms with Crippen LogP contribution in [0.5, 0.6) is 0 Å². The van der Waals surface area contributed by atoms with Crippen molar-refractivity contribution in [1.29, 1.82) is 0 Å². The summed E-state index contributed by atoms with van der Waals surface area (Å²) in [5.74, 6) is 0.317. The molecule has 4 unspecified atom stereocenters. The van der Waals surface area contributed by atoms with E-state index in [0.29, 0.717) is 5.92 Å². The molecule has 1 saturated carbocycles. The van der Waals surface area contributed by atoms with Crippen LogP contribution in [0.25, 0.3) is 0 Å². The van der Waals surface area contributed by atoms with Crippen molar-refractivity contribution < 1.29 is 10.2 Å². The first-order valence-corrected chi connectivity index (χ1v) is 4.45. The van der Waals surface area contributed by atoms with Crippen LogP contribution in [0.4, 0.5) is 0 Å². The lowest BCUT2D eigenvalue weighted by atomic mass is 10.1. The highest BCUT2D eigenvalue weighted by molar-refractivity contribution is 14.1. The SMILES string of the molecule is OC1C2CC(C1O)N(I)C2. The lowest BCUT2D eigenvalue weighted by Crippen LogP contribution is -2.43. The number of fused-ring (bicyclic) bond motifs is 2. The summed E-state index contributed by atoms with van der Waals surface area (Å²) < 4.78 is 2.10. The summed E-state index contributed by atoms with van der Waals surface area (Å²) in [6.07, 6.45) is -0.00249. The molecule has 0 aromatic carbocycles. The predicted molar refractivity (Wildman–Crippen MR) is 44.6 cm³/mol. The predicted octanol–water partition coefficient (Wildman–Crippen LogP) is -0.238. The van der Waals surface area contributed by atoms with Crippen LogP contribution in [-0.2, 0) is 0 Å². The number of hydrogen-bond donors (Lipinski definition) is 2. The number of hydrogen-bond acceptors (Lipinski definition) is 3. The molecule has 1 saturated heterocycles. The molecule has 2 bridgehead atoms. The molecule has 10 heavy (non-hydrogen) atoms. The zero-order valence-electron chi connectivity index (χ0n) is 5.44. The Balaban J connectivity index is 2.16. The summed E-state index contributed by atoms with van der Waals surface area (Å²) in [5, 5.41) is 18.7. The van der Waals surface area contributed by atoms with Gasteiger partial charge in [-0.1, -0.05) is 0 Å². The van der Waals surface area contributed by atoms with Gasteiger partial charge >= 0.3 is 0 Å². The van der Waals surface area contributed by atoms with E-state index in [0.717, 1.165) is 13.0 Å². The molecule has 58 valence electrons. The highest BCUT2D eigenvalue weighted by Gasteiger charge is 2.49. The molecule has 4 heteroatoms. The fraction of sp³-hybridized carbons (Fsp3) is 1.00. The molecule has 2 fully saturated rings. The number of piperidine rings is 1. The molecular weight excluding hydrogens is 245 g/mol. The Hall–Kier alpha value is 0.610. The van der Waals surface area contributed by atoms with Gasteiger partial charge in [0.1, 0.15) is 0 Å². The topological polar surface area (TPSA) is 43.7 Å². The van der Waals surface area contributed by atoms with E-state index in [4.69, 9.17) is 0 Å². The third-order valence-corrected chi connectivity index (χ3v) is 3.65. The summed E-state index contributed by atoms with van der Waals surface area (Å²) in [6.45, 7) is 0.934. The van der Waals surface area contributed by atoms with Crippen LogP contribution in [0.3, 0.4) is 0 Å². The fourth-order valence-corrected chi connectivity index (χ4v) is 2.98. The Morgan fingerprint density at radius 3 is 2.40 bits per heavy atom. The maximum Gasteiger partial charge on any atom is 0.0965 e. The van der Waals surface area contributed by atoms with Gasteiger partial charge in [-0.3, -0.25) is 0 Å². The number of rotatable bonds is 0. The Kier molecular flexibility index (Phi) is 1.67. The Morgan fingerprint density at radius 2 is 2.00 bits per heavy atom. The highest BCUT2D eigenvalue weighted by Crippen LogP contribution is 2.39. The molecule has 1 aliphatic carbocycles. The molecule has 1 aliphatic heterocycles. The van der Waals surface area contributed by atoms with Crippen LogP contribution in [0.15, 0.2) is 0 Å². The molecule has 2 N–H and O–H groups in total. The van der Waals surface area contributed by atoms with E-state index in [-0.39, 0.29) is 6.04 Å². The van der Waals surface area contributed by atoms with Crippen LogP contribution in [-0.4, -0.2) is 38.1 Å². The minimum atomic E-state index is -0.504. The quantitative estimate of drug-likeness (QED) is 0.464. The van der Waals surface area contributed by atoms with Crippen molar-refractivity contribution >= 4 is 22.9 Å². The van der Waals surface area contributed by atoms with Crippen LogP contribution in [0.1, 0.15) is 6.42 Å². The molecule has 2 rings (SSSR count). The van der Waals surface area contributed by atoms with Gasteiger partial charge in [0.2, 0.25) is 0 Å². The summed E-state index contributed by atoms with van der Waals surface area (Å²) >= 11 is 2.21. The van der Waals surface area contributed by atoms with Crippen molar-refractivity contribution in [2.45, 2.75) is 24.7 Å². The normalized spacial score (nSPS) is 54.3. The Labute approximate surface area is 73.5 Å². The maximum absolute atomic E-state index is 9.36. The number of aliphatic hydroxyl groups is 2. The molecule has 0 radical (unpaired) electrons. The van der Waals surface area contributed by atoms with Crippen molar-refractivity contribution in [2.75, 3.05) is 6.54 Å². The van der Waals surface area contributed by atoms with Crippen LogP contribution >= 0.6 is 22.9 Å². The summed E-state index contributed by atoms with van der Waals surface area (Å²) in [6, 6.07) is 0.209. The molecule has 3 nitrogen and oxygen atoms in total.